The first-order valence-electron chi connectivity index (χ1n) is 4.08. The van der Waals surface area contributed by atoms with Gasteiger partial charge < -0.3 is 10.0 Å². The zero-order chi connectivity index (χ0) is 9.68. The zero-order valence-corrected chi connectivity index (χ0v) is 7.53. The number of carbonyl (C=O) groups excluding carboxylic acids is 1. The first-order chi connectivity index (χ1) is 6.25. The zero-order valence-electron chi connectivity index (χ0n) is 7.53. The number of nitrogens with zero attached hydrogens (tertiary/aromatic N) is 1. The summed E-state index contributed by atoms with van der Waals surface area (Å²) in [6.45, 7) is 0.346. The van der Waals surface area contributed by atoms with Crippen molar-refractivity contribution in [1.29, 1.82) is 0 Å². The van der Waals surface area contributed by atoms with Gasteiger partial charge in [-0.1, -0.05) is 12.1 Å². The molecule has 0 spiro atoms. The van der Waals surface area contributed by atoms with Crippen molar-refractivity contribution in [2.45, 2.75) is 0 Å². The summed E-state index contributed by atoms with van der Waals surface area (Å²) in [6.07, 6.45) is 0. The second-order valence-electron chi connectivity index (χ2n) is 2.74. The van der Waals surface area contributed by atoms with Crippen LogP contribution in [0.4, 0.5) is 0 Å². The number of amides is 1. The quantitative estimate of drug-likeness (QED) is 0.734. The Bertz CT molecular complexity index is 272. The van der Waals surface area contributed by atoms with Gasteiger partial charge in [-0.2, -0.15) is 0 Å². The van der Waals surface area contributed by atoms with Crippen molar-refractivity contribution in [3.8, 4) is 0 Å². The molecule has 1 rings (SSSR count). The lowest BCUT2D eigenvalue weighted by molar-refractivity contribution is 0.0767. The lowest BCUT2D eigenvalue weighted by atomic mass is 10.2. The van der Waals surface area contributed by atoms with E-state index in [0.29, 0.717) is 12.1 Å². The number of hydrogen-bond donors (Lipinski definition) is 1. The fourth-order valence-corrected chi connectivity index (χ4v) is 1.00. The van der Waals surface area contributed by atoms with Gasteiger partial charge in [-0.15, -0.1) is 0 Å². The summed E-state index contributed by atoms with van der Waals surface area (Å²) in [7, 11) is 1.66. The summed E-state index contributed by atoms with van der Waals surface area (Å²) >= 11 is 0. The standard InChI is InChI=1S/C10H12NO2/c1-11(7-8-12)10(13)9-5-3-2-4-6-9/h3-6,12H,7-8H2,1H3. The SMILES string of the molecule is CN(CCO)C(=O)c1cc[c]cc1. The van der Waals surface area contributed by atoms with Crippen LogP contribution in [-0.2, 0) is 0 Å². The Labute approximate surface area is 77.6 Å². The predicted molar refractivity (Wildman–Crippen MR) is 49.3 cm³/mol. The first kappa shape index (κ1) is 9.74. The molecule has 69 valence electrons. The lowest BCUT2D eigenvalue weighted by Crippen LogP contribution is -2.29. The molecule has 0 atom stereocenters. The molecule has 0 saturated carbocycles. The molecule has 3 heteroatoms. The van der Waals surface area contributed by atoms with Gasteiger partial charge in [-0.05, 0) is 18.2 Å². The van der Waals surface area contributed by atoms with Crippen LogP contribution in [0.25, 0.3) is 0 Å². The van der Waals surface area contributed by atoms with Crippen LogP contribution in [0.1, 0.15) is 10.4 Å². The average molecular weight is 178 g/mol. The lowest BCUT2D eigenvalue weighted by Gasteiger charge is -2.15. The number of rotatable bonds is 3. The molecule has 0 bridgehead atoms. The number of carbonyl (C=O) groups is 1. The monoisotopic (exact) mass is 178 g/mol. The van der Waals surface area contributed by atoms with E-state index < -0.39 is 0 Å². The molecule has 0 aromatic heterocycles. The van der Waals surface area contributed by atoms with Crippen molar-refractivity contribution in [3.63, 3.8) is 0 Å². The summed E-state index contributed by atoms with van der Waals surface area (Å²) in [4.78, 5) is 13.0. The molecule has 0 heterocycles. The second kappa shape index (κ2) is 4.62. The van der Waals surface area contributed by atoms with Crippen LogP contribution < -0.4 is 0 Å². The van der Waals surface area contributed by atoms with Gasteiger partial charge in [0.05, 0.1) is 6.61 Å². The van der Waals surface area contributed by atoms with Crippen LogP contribution in [0.5, 0.6) is 0 Å². The molecule has 0 aliphatic carbocycles. The van der Waals surface area contributed by atoms with Gasteiger partial charge in [0.15, 0.2) is 0 Å². The number of likely N-dealkylation sites (N-methyl/N-ethyl adjacent to an activating group) is 1. The molecule has 0 aliphatic heterocycles. The molecule has 3 nitrogen and oxygen atoms in total. The van der Waals surface area contributed by atoms with Gasteiger partial charge in [0.25, 0.3) is 5.91 Å². The summed E-state index contributed by atoms with van der Waals surface area (Å²) in [6, 6.07) is 9.64. The van der Waals surface area contributed by atoms with Gasteiger partial charge in [0.2, 0.25) is 0 Å². The van der Waals surface area contributed by atoms with Crippen molar-refractivity contribution >= 4 is 5.91 Å². The van der Waals surface area contributed by atoms with Gasteiger partial charge in [-0.3, -0.25) is 4.79 Å². The average Bonchev–Trinajstić information content (AvgIpc) is 2.18. The van der Waals surface area contributed by atoms with Crippen molar-refractivity contribution in [2.75, 3.05) is 20.2 Å². The van der Waals surface area contributed by atoms with E-state index in [1.54, 1.807) is 31.3 Å². The van der Waals surface area contributed by atoms with Crippen molar-refractivity contribution < 1.29 is 9.90 Å². The Balaban J connectivity index is 2.68. The highest BCUT2D eigenvalue weighted by atomic mass is 16.3. The number of aliphatic hydroxyl groups is 1. The van der Waals surface area contributed by atoms with Crippen LogP contribution in [0, 0.1) is 6.07 Å². The Morgan fingerprint density at radius 3 is 2.69 bits per heavy atom. The Morgan fingerprint density at radius 2 is 2.15 bits per heavy atom. The minimum Gasteiger partial charge on any atom is -0.395 e. The van der Waals surface area contributed by atoms with E-state index in [0.717, 1.165) is 0 Å². The van der Waals surface area contributed by atoms with Crippen LogP contribution in [0.3, 0.4) is 0 Å². The molecule has 0 saturated heterocycles. The minimum atomic E-state index is -0.0805. The molecular weight excluding hydrogens is 166 g/mol. The van der Waals surface area contributed by atoms with Crippen LogP contribution >= 0.6 is 0 Å². The number of benzene rings is 1. The third kappa shape index (κ3) is 2.56. The third-order valence-corrected chi connectivity index (χ3v) is 1.75. The molecule has 1 N–H and O–H groups in total. The first-order valence-corrected chi connectivity index (χ1v) is 4.08. The fourth-order valence-electron chi connectivity index (χ4n) is 1.00. The Kier molecular flexibility index (Phi) is 3.46. The maximum Gasteiger partial charge on any atom is 0.253 e. The maximum absolute atomic E-state index is 11.5. The molecule has 13 heavy (non-hydrogen) atoms. The summed E-state index contributed by atoms with van der Waals surface area (Å²) in [5.74, 6) is -0.0805. The fraction of sp³-hybridized carbons (Fsp3) is 0.300. The van der Waals surface area contributed by atoms with Crippen molar-refractivity contribution in [1.82, 2.24) is 4.90 Å². The van der Waals surface area contributed by atoms with E-state index in [4.69, 9.17) is 5.11 Å². The molecular formula is C10H12NO2. The van der Waals surface area contributed by atoms with Crippen LogP contribution in [0.15, 0.2) is 24.3 Å². The van der Waals surface area contributed by atoms with E-state index in [-0.39, 0.29) is 12.5 Å². The molecule has 1 amide bonds. The van der Waals surface area contributed by atoms with Gasteiger partial charge in [0, 0.05) is 19.2 Å². The Hall–Kier alpha value is -1.35. The normalized spacial score (nSPS) is 9.69. The summed E-state index contributed by atoms with van der Waals surface area (Å²) in [5, 5.41) is 8.63. The van der Waals surface area contributed by atoms with Crippen molar-refractivity contribution in [3.05, 3.63) is 35.9 Å². The minimum absolute atomic E-state index is 0.0127. The molecule has 0 fully saturated rings. The molecule has 0 unspecified atom stereocenters. The Morgan fingerprint density at radius 1 is 1.54 bits per heavy atom. The van der Waals surface area contributed by atoms with E-state index in [1.807, 2.05) is 0 Å². The van der Waals surface area contributed by atoms with E-state index in [9.17, 15) is 4.79 Å². The smallest absolute Gasteiger partial charge is 0.253 e. The van der Waals surface area contributed by atoms with Gasteiger partial charge in [-0.25, -0.2) is 0 Å². The van der Waals surface area contributed by atoms with E-state index >= 15 is 0 Å². The number of hydrogen-bond acceptors (Lipinski definition) is 2. The third-order valence-electron chi connectivity index (χ3n) is 1.75. The topological polar surface area (TPSA) is 40.5 Å². The van der Waals surface area contributed by atoms with Crippen molar-refractivity contribution in [2.24, 2.45) is 0 Å². The van der Waals surface area contributed by atoms with Crippen LogP contribution in [0.2, 0.25) is 0 Å². The van der Waals surface area contributed by atoms with E-state index in [1.165, 1.54) is 4.90 Å². The summed E-state index contributed by atoms with van der Waals surface area (Å²) < 4.78 is 0. The summed E-state index contributed by atoms with van der Waals surface area (Å²) in [5.41, 5.74) is 0.620. The molecule has 1 radical (unpaired) electrons. The van der Waals surface area contributed by atoms with E-state index in [2.05, 4.69) is 6.07 Å². The highest BCUT2D eigenvalue weighted by molar-refractivity contribution is 5.93. The largest absolute Gasteiger partial charge is 0.395 e. The maximum atomic E-state index is 11.5. The predicted octanol–water partition coefficient (Wildman–Crippen LogP) is 0.551. The highest BCUT2D eigenvalue weighted by Crippen LogP contribution is 2.01. The molecule has 0 aliphatic rings. The molecule has 1 aromatic carbocycles. The number of aliphatic hydroxyl groups excluding tert-OH is 1. The molecule has 1 aromatic rings. The van der Waals surface area contributed by atoms with Gasteiger partial charge in [0.1, 0.15) is 0 Å². The van der Waals surface area contributed by atoms with Crippen LogP contribution in [-0.4, -0.2) is 36.1 Å². The second-order valence-corrected chi connectivity index (χ2v) is 2.74. The van der Waals surface area contributed by atoms with Gasteiger partial charge >= 0.3 is 0 Å². The highest BCUT2D eigenvalue weighted by Gasteiger charge is 2.09.